The maximum absolute atomic E-state index is 7.98. The molecule has 0 spiro atoms. The Kier molecular flexibility index (Phi) is 3.71. The van der Waals surface area contributed by atoms with Gasteiger partial charge in [-0.3, -0.25) is 0 Å². The standard InChI is InChI=1S/C14H21N/c1-3-7-13(8-4-1)11-15-12-14-9-5-2-6-10-14/h1,3-4,7-8,14-15H,2,5-6,9-12H2/i/hD. The zero-order valence-electron chi connectivity index (χ0n) is 10.4. The lowest BCUT2D eigenvalue weighted by Gasteiger charge is -2.21. The molecule has 0 aliphatic heterocycles. The molecule has 2 rings (SSSR count). The molecule has 0 heterocycles. The summed E-state index contributed by atoms with van der Waals surface area (Å²) in [6.45, 7) is 1.70. The van der Waals surface area contributed by atoms with Crippen molar-refractivity contribution in [1.82, 2.24) is 5.31 Å². The van der Waals surface area contributed by atoms with Crippen molar-refractivity contribution in [1.29, 1.82) is 0 Å². The number of rotatable bonds is 4. The lowest BCUT2D eigenvalue weighted by molar-refractivity contribution is 0.342. The van der Waals surface area contributed by atoms with Crippen LogP contribution in [0.3, 0.4) is 0 Å². The predicted octanol–water partition coefficient (Wildman–Crippen LogP) is 3.36. The van der Waals surface area contributed by atoms with Crippen molar-refractivity contribution in [2.24, 2.45) is 5.92 Å². The molecule has 1 aromatic rings. The normalized spacial score (nSPS) is 19.1. The van der Waals surface area contributed by atoms with Gasteiger partial charge in [-0.1, -0.05) is 49.6 Å². The summed E-state index contributed by atoms with van der Waals surface area (Å²) in [6, 6.07) is 10.3. The molecule has 1 aromatic carbocycles. The van der Waals surface area contributed by atoms with Crippen LogP contribution in [0.4, 0.5) is 0 Å². The van der Waals surface area contributed by atoms with Crippen LogP contribution >= 0.6 is 0 Å². The molecule has 1 fully saturated rings. The molecule has 0 amide bonds. The van der Waals surface area contributed by atoms with Gasteiger partial charge in [0.05, 0.1) is 0 Å². The average Bonchev–Trinajstić information content (AvgIpc) is 2.31. The number of hydrogen-bond donors (Lipinski definition) is 1. The fourth-order valence-corrected chi connectivity index (χ4v) is 2.33. The Morgan fingerprint density at radius 3 is 2.60 bits per heavy atom. The van der Waals surface area contributed by atoms with Gasteiger partial charge >= 0.3 is 0 Å². The molecule has 1 aliphatic carbocycles. The van der Waals surface area contributed by atoms with Crippen LogP contribution in [-0.2, 0) is 6.54 Å². The van der Waals surface area contributed by atoms with Crippen molar-refractivity contribution in [3.05, 3.63) is 35.9 Å². The molecular weight excluding hydrogens is 182 g/mol. The van der Waals surface area contributed by atoms with E-state index in [1.165, 1.54) is 37.7 Å². The zero-order valence-corrected chi connectivity index (χ0v) is 9.36. The van der Waals surface area contributed by atoms with Crippen LogP contribution in [0.25, 0.3) is 0 Å². The quantitative estimate of drug-likeness (QED) is 0.793. The highest BCUT2D eigenvalue weighted by atomic mass is 14.9. The minimum Gasteiger partial charge on any atom is -0.312 e. The van der Waals surface area contributed by atoms with Crippen molar-refractivity contribution >= 4 is 0 Å². The van der Waals surface area contributed by atoms with Gasteiger partial charge in [0, 0.05) is 6.54 Å². The maximum atomic E-state index is 7.98. The van der Waals surface area contributed by atoms with Crippen molar-refractivity contribution < 1.29 is 1.41 Å². The fourth-order valence-electron chi connectivity index (χ4n) is 2.33. The van der Waals surface area contributed by atoms with Crippen LogP contribution in [0.1, 0.15) is 37.7 Å². The van der Waals surface area contributed by atoms with Gasteiger partial charge in [-0.15, -0.1) is 0 Å². The molecule has 1 heteroatoms. The van der Waals surface area contributed by atoms with E-state index in [0.29, 0.717) is 0 Å². The summed E-state index contributed by atoms with van der Waals surface area (Å²) in [5.41, 5.74) is 1.24. The second kappa shape index (κ2) is 5.92. The third-order valence-electron chi connectivity index (χ3n) is 3.25. The second-order valence-electron chi connectivity index (χ2n) is 4.55. The Morgan fingerprint density at radius 1 is 1.13 bits per heavy atom. The minimum atomic E-state index is 0.759. The van der Waals surface area contributed by atoms with Gasteiger partial charge in [0.25, 0.3) is 0 Å². The van der Waals surface area contributed by atoms with E-state index in [1.54, 1.807) is 5.31 Å². The summed E-state index contributed by atoms with van der Waals surface area (Å²) < 4.78 is 7.98. The summed E-state index contributed by atoms with van der Waals surface area (Å²) in [5.74, 6) is 0.759. The summed E-state index contributed by atoms with van der Waals surface area (Å²) in [6.07, 6.45) is 6.77. The Labute approximate surface area is 94.4 Å². The van der Waals surface area contributed by atoms with Crippen LogP contribution in [0.2, 0.25) is 1.41 Å². The molecule has 82 valence electrons. The molecule has 0 bridgehead atoms. The highest BCUT2D eigenvalue weighted by Gasteiger charge is 2.12. The van der Waals surface area contributed by atoms with E-state index in [2.05, 4.69) is 12.1 Å². The summed E-state index contributed by atoms with van der Waals surface area (Å²) >= 11 is 0. The van der Waals surface area contributed by atoms with Gasteiger partial charge in [-0.25, -0.2) is 0 Å². The van der Waals surface area contributed by atoms with Crippen LogP contribution in [0, 0.1) is 5.92 Å². The third-order valence-corrected chi connectivity index (χ3v) is 3.25. The highest BCUT2D eigenvalue weighted by Crippen LogP contribution is 2.22. The Hall–Kier alpha value is -0.820. The van der Waals surface area contributed by atoms with Crippen molar-refractivity contribution in [3.63, 3.8) is 0 Å². The summed E-state index contributed by atoms with van der Waals surface area (Å²) in [5, 5.41) is 1.73. The molecule has 0 aromatic heterocycles. The largest absolute Gasteiger partial charge is 0.312 e. The van der Waals surface area contributed by atoms with Gasteiger partial charge in [0.15, 0.2) is 0 Å². The number of nitrogens with one attached hydrogen (secondary N) is 1. The van der Waals surface area contributed by atoms with Crippen LogP contribution in [0.5, 0.6) is 0 Å². The van der Waals surface area contributed by atoms with E-state index < -0.39 is 0 Å². The zero-order chi connectivity index (χ0) is 11.2. The molecule has 1 saturated carbocycles. The lowest BCUT2D eigenvalue weighted by Crippen LogP contribution is -2.24. The van der Waals surface area contributed by atoms with Crippen LogP contribution < -0.4 is 5.31 Å². The molecule has 1 N–H and O–H groups in total. The predicted molar refractivity (Wildman–Crippen MR) is 64.7 cm³/mol. The lowest BCUT2D eigenvalue weighted by atomic mass is 9.89. The fraction of sp³-hybridized carbons (Fsp3) is 0.571. The van der Waals surface area contributed by atoms with Crippen LogP contribution in [0.15, 0.2) is 30.3 Å². The first-order chi connectivity index (χ1) is 7.84. The van der Waals surface area contributed by atoms with E-state index in [4.69, 9.17) is 1.41 Å². The topological polar surface area (TPSA) is 12.0 Å². The van der Waals surface area contributed by atoms with E-state index in [0.717, 1.165) is 19.0 Å². The van der Waals surface area contributed by atoms with Crippen molar-refractivity contribution in [2.45, 2.75) is 38.6 Å². The smallest absolute Gasteiger partial charge is 0.123 e. The van der Waals surface area contributed by atoms with Crippen molar-refractivity contribution in [3.8, 4) is 0 Å². The molecule has 0 atom stereocenters. The first-order valence-corrected chi connectivity index (χ1v) is 6.12. The first-order valence-electron chi connectivity index (χ1n) is 6.57. The average molecular weight is 204 g/mol. The highest BCUT2D eigenvalue weighted by molar-refractivity contribution is 5.14. The summed E-state index contributed by atoms with van der Waals surface area (Å²) in [7, 11) is 0. The Morgan fingerprint density at radius 2 is 1.87 bits per heavy atom. The van der Waals surface area contributed by atoms with E-state index in [-0.39, 0.29) is 0 Å². The monoisotopic (exact) mass is 204 g/mol. The van der Waals surface area contributed by atoms with Gasteiger partial charge in [0.1, 0.15) is 1.41 Å². The van der Waals surface area contributed by atoms with E-state index >= 15 is 0 Å². The number of benzene rings is 1. The van der Waals surface area contributed by atoms with Gasteiger partial charge < -0.3 is 5.31 Å². The molecular formula is C14H21N. The Bertz CT molecular complexity index is 293. The second-order valence-corrected chi connectivity index (χ2v) is 4.55. The molecule has 0 radical (unpaired) electrons. The summed E-state index contributed by atoms with van der Waals surface area (Å²) in [4.78, 5) is 0. The van der Waals surface area contributed by atoms with Gasteiger partial charge in [0.2, 0.25) is 0 Å². The first kappa shape index (κ1) is 9.41. The van der Waals surface area contributed by atoms with Crippen LogP contribution in [-0.4, -0.2) is 6.54 Å². The SMILES string of the molecule is [2H]N(Cc1ccccc1)CC1CCCCC1. The van der Waals surface area contributed by atoms with E-state index in [9.17, 15) is 0 Å². The van der Waals surface area contributed by atoms with Gasteiger partial charge in [-0.05, 0) is 30.9 Å². The minimum absolute atomic E-state index is 0.759. The molecule has 0 unspecified atom stereocenters. The van der Waals surface area contributed by atoms with Gasteiger partial charge in [-0.2, -0.15) is 0 Å². The molecule has 1 aliphatic rings. The van der Waals surface area contributed by atoms with Crippen molar-refractivity contribution in [2.75, 3.05) is 6.54 Å². The molecule has 0 saturated heterocycles. The Balaban J connectivity index is 1.77. The third kappa shape index (κ3) is 3.67. The molecule has 15 heavy (non-hydrogen) atoms. The van der Waals surface area contributed by atoms with E-state index in [1.807, 2.05) is 18.2 Å². The maximum Gasteiger partial charge on any atom is 0.123 e. The molecule has 1 nitrogen and oxygen atoms in total. The number of hydrogen-bond acceptors (Lipinski definition) is 1.